The van der Waals surface area contributed by atoms with Gasteiger partial charge in [-0.3, -0.25) is 9.89 Å². The number of nitrogens with one attached hydrogen (secondary N) is 2. The van der Waals surface area contributed by atoms with E-state index in [4.69, 9.17) is 16.3 Å². The van der Waals surface area contributed by atoms with E-state index in [1.165, 1.54) is 0 Å². The molecule has 1 aliphatic heterocycles. The molecule has 6 nitrogen and oxygen atoms in total. The Bertz CT molecular complexity index is 1020. The number of rotatable bonds is 5. The van der Waals surface area contributed by atoms with Gasteiger partial charge in [-0.25, -0.2) is 0 Å². The zero-order valence-electron chi connectivity index (χ0n) is 17.1. The summed E-state index contributed by atoms with van der Waals surface area (Å²) in [6.07, 6.45) is 1.76. The van der Waals surface area contributed by atoms with Crippen molar-refractivity contribution < 1.29 is 9.53 Å². The quantitative estimate of drug-likeness (QED) is 0.635. The van der Waals surface area contributed by atoms with Gasteiger partial charge in [0.25, 0.3) is 5.91 Å². The fourth-order valence-corrected chi connectivity index (χ4v) is 3.91. The lowest BCUT2D eigenvalue weighted by molar-refractivity contribution is 0.0930. The number of aryl methyl sites for hydroxylation is 1. The molecule has 1 aromatic heterocycles. The van der Waals surface area contributed by atoms with Crippen LogP contribution >= 0.6 is 11.6 Å². The monoisotopic (exact) mass is 424 g/mol. The number of aromatic nitrogens is 2. The molecule has 1 saturated heterocycles. The number of hydrogen-bond acceptors (Lipinski definition) is 4. The van der Waals surface area contributed by atoms with Crippen LogP contribution in [0.3, 0.4) is 0 Å². The molecule has 1 fully saturated rings. The van der Waals surface area contributed by atoms with E-state index in [1.807, 2.05) is 49.4 Å². The normalized spacial score (nSPS) is 14.6. The number of piperidine rings is 1. The number of anilines is 1. The SMILES string of the molecule is COc1ccc(C(=O)NC2CCN(c3cc(-c4ccc(Cl)cc4)[nH]n3)CC2)c(C)c1. The van der Waals surface area contributed by atoms with E-state index in [0.717, 1.165) is 54.3 Å². The van der Waals surface area contributed by atoms with E-state index >= 15 is 0 Å². The van der Waals surface area contributed by atoms with Crippen LogP contribution < -0.4 is 15.0 Å². The van der Waals surface area contributed by atoms with Gasteiger partial charge in [0.2, 0.25) is 0 Å². The molecule has 1 aliphatic rings. The van der Waals surface area contributed by atoms with Crippen LogP contribution in [0.15, 0.2) is 48.5 Å². The van der Waals surface area contributed by atoms with E-state index in [1.54, 1.807) is 7.11 Å². The van der Waals surface area contributed by atoms with Crippen LogP contribution in [0.1, 0.15) is 28.8 Å². The Morgan fingerprint density at radius 1 is 1.17 bits per heavy atom. The second-order valence-electron chi connectivity index (χ2n) is 7.56. The predicted octanol–water partition coefficient (Wildman–Crippen LogP) is 4.45. The van der Waals surface area contributed by atoms with Crippen molar-refractivity contribution in [2.24, 2.45) is 0 Å². The Labute approximate surface area is 181 Å². The molecule has 2 heterocycles. The van der Waals surface area contributed by atoms with Crippen molar-refractivity contribution in [3.8, 4) is 17.0 Å². The summed E-state index contributed by atoms with van der Waals surface area (Å²) in [5.41, 5.74) is 3.62. The maximum atomic E-state index is 12.7. The van der Waals surface area contributed by atoms with E-state index in [-0.39, 0.29) is 11.9 Å². The van der Waals surface area contributed by atoms with Gasteiger partial charge in [-0.05, 0) is 61.2 Å². The second kappa shape index (κ2) is 8.79. The fourth-order valence-electron chi connectivity index (χ4n) is 3.78. The van der Waals surface area contributed by atoms with Gasteiger partial charge >= 0.3 is 0 Å². The first-order valence-electron chi connectivity index (χ1n) is 10.1. The summed E-state index contributed by atoms with van der Waals surface area (Å²) in [6, 6.07) is 15.4. The Hall–Kier alpha value is -2.99. The van der Waals surface area contributed by atoms with Crippen molar-refractivity contribution in [2.45, 2.75) is 25.8 Å². The summed E-state index contributed by atoms with van der Waals surface area (Å²) < 4.78 is 5.22. The van der Waals surface area contributed by atoms with Crippen LogP contribution in [0, 0.1) is 6.92 Å². The number of halogens is 1. The number of nitrogens with zero attached hydrogens (tertiary/aromatic N) is 2. The molecule has 0 saturated carbocycles. The Kier molecular flexibility index (Phi) is 5.95. The molecule has 0 unspecified atom stereocenters. The minimum absolute atomic E-state index is 0.0293. The zero-order chi connectivity index (χ0) is 21.1. The highest BCUT2D eigenvalue weighted by Gasteiger charge is 2.23. The van der Waals surface area contributed by atoms with E-state index in [0.29, 0.717) is 10.6 Å². The third-order valence-corrected chi connectivity index (χ3v) is 5.80. The van der Waals surface area contributed by atoms with Crippen molar-refractivity contribution in [2.75, 3.05) is 25.1 Å². The van der Waals surface area contributed by atoms with Gasteiger partial charge in [0, 0.05) is 35.8 Å². The lowest BCUT2D eigenvalue weighted by Gasteiger charge is -2.32. The molecular weight excluding hydrogens is 400 g/mol. The van der Waals surface area contributed by atoms with E-state index < -0.39 is 0 Å². The molecule has 2 aromatic carbocycles. The van der Waals surface area contributed by atoms with Gasteiger partial charge in [-0.15, -0.1) is 0 Å². The first kappa shape index (κ1) is 20.3. The smallest absolute Gasteiger partial charge is 0.251 e. The molecule has 30 heavy (non-hydrogen) atoms. The van der Waals surface area contributed by atoms with Gasteiger partial charge in [-0.1, -0.05) is 23.7 Å². The predicted molar refractivity (Wildman–Crippen MR) is 119 cm³/mol. The Morgan fingerprint density at radius 3 is 2.57 bits per heavy atom. The molecule has 2 N–H and O–H groups in total. The number of ether oxygens (including phenoxy) is 1. The standard InChI is InChI=1S/C23H25ClN4O2/c1-15-13-19(30-2)7-8-20(15)23(29)25-18-9-11-28(12-10-18)22-14-21(26-27-22)16-3-5-17(24)6-4-16/h3-8,13-14,18H,9-12H2,1-2H3,(H,25,29)(H,26,27). The molecule has 0 aliphatic carbocycles. The highest BCUT2D eigenvalue weighted by atomic mass is 35.5. The molecular formula is C23H25ClN4O2. The number of amides is 1. The second-order valence-corrected chi connectivity index (χ2v) is 8.00. The lowest BCUT2D eigenvalue weighted by Crippen LogP contribution is -2.45. The largest absolute Gasteiger partial charge is 0.497 e. The van der Waals surface area contributed by atoms with Crippen LogP contribution in [0.4, 0.5) is 5.82 Å². The number of aromatic amines is 1. The minimum Gasteiger partial charge on any atom is -0.497 e. The summed E-state index contributed by atoms with van der Waals surface area (Å²) in [5.74, 6) is 1.66. The topological polar surface area (TPSA) is 70.2 Å². The highest BCUT2D eigenvalue weighted by molar-refractivity contribution is 6.30. The fraction of sp³-hybridized carbons (Fsp3) is 0.304. The number of H-pyrrole nitrogens is 1. The van der Waals surface area contributed by atoms with Crippen molar-refractivity contribution in [3.63, 3.8) is 0 Å². The van der Waals surface area contributed by atoms with Gasteiger partial charge < -0.3 is 15.0 Å². The molecule has 1 amide bonds. The molecule has 0 atom stereocenters. The molecule has 4 rings (SSSR count). The highest BCUT2D eigenvalue weighted by Crippen LogP contribution is 2.25. The summed E-state index contributed by atoms with van der Waals surface area (Å²) in [7, 11) is 1.63. The maximum Gasteiger partial charge on any atom is 0.251 e. The number of carbonyl (C=O) groups excluding carboxylic acids is 1. The van der Waals surface area contributed by atoms with Gasteiger partial charge in [0.05, 0.1) is 12.8 Å². The van der Waals surface area contributed by atoms with Gasteiger partial charge in [0.1, 0.15) is 5.75 Å². The third-order valence-electron chi connectivity index (χ3n) is 5.55. The van der Waals surface area contributed by atoms with E-state index in [9.17, 15) is 4.79 Å². The first-order valence-corrected chi connectivity index (χ1v) is 10.4. The molecule has 156 valence electrons. The number of hydrogen-bond donors (Lipinski definition) is 2. The summed E-state index contributed by atoms with van der Waals surface area (Å²) >= 11 is 5.97. The van der Waals surface area contributed by atoms with Crippen LogP contribution in [-0.2, 0) is 0 Å². The number of carbonyl (C=O) groups is 1. The third kappa shape index (κ3) is 4.44. The molecule has 7 heteroatoms. The number of benzene rings is 2. The minimum atomic E-state index is -0.0293. The van der Waals surface area contributed by atoms with Crippen molar-refractivity contribution in [1.82, 2.24) is 15.5 Å². The van der Waals surface area contributed by atoms with Crippen molar-refractivity contribution in [3.05, 3.63) is 64.7 Å². The zero-order valence-corrected chi connectivity index (χ0v) is 17.9. The summed E-state index contributed by atoms with van der Waals surface area (Å²) in [6.45, 7) is 3.62. The van der Waals surface area contributed by atoms with Gasteiger partial charge in [-0.2, -0.15) is 5.10 Å². The van der Waals surface area contributed by atoms with Gasteiger partial charge in [0.15, 0.2) is 5.82 Å². The Balaban J connectivity index is 1.34. The average molecular weight is 425 g/mol. The maximum absolute atomic E-state index is 12.7. The van der Waals surface area contributed by atoms with Crippen LogP contribution in [-0.4, -0.2) is 42.3 Å². The van der Waals surface area contributed by atoms with Crippen LogP contribution in [0.5, 0.6) is 5.75 Å². The molecule has 3 aromatic rings. The van der Waals surface area contributed by atoms with Crippen LogP contribution in [0.2, 0.25) is 5.02 Å². The summed E-state index contributed by atoms with van der Waals surface area (Å²) in [4.78, 5) is 14.9. The van der Waals surface area contributed by atoms with Crippen LogP contribution in [0.25, 0.3) is 11.3 Å². The molecule has 0 bridgehead atoms. The number of methoxy groups -OCH3 is 1. The molecule has 0 spiro atoms. The Morgan fingerprint density at radius 2 is 1.90 bits per heavy atom. The lowest BCUT2D eigenvalue weighted by atomic mass is 10.0. The van der Waals surface area contributed by atoms with Crippen molar-refractivity contribution >= 4 is 23.3 Å². The summed E-state index contributed by atoms with van der Waals surface area (Å²) in [5, 5.41) is 11.5. The van der Waals surface area contributed by atoms with E-state index in [2.05, 4.69) is 26.5 Å². The molecule has 0 radical (unpaired) electrons. The van der Waals surface area contributed by atoms with Crippen molar-refractivity contribution in [1.29, 1.82) is 0 Å². The average Bonchev–Trinajstić information content (AvgIpc) is 3.25. The first-order chi connectivity index (χ1) is 14.5.